The van der Waals surface area contributed by atoms with Crippen molar-refractivity contribution in [3.63, 3.8) is 0 Å². The van der Waals surface area contributed by atoms with Crippen LogP contribution in [-0.2, 0) is 14.3 Å². The van der Waals surface area contributed by atoms with E-state index in [2.05, 4.69) is 43.5 Å². The van der Waals surface area contributed by atoms with Crippen LogP contribution in [-0.4, -0.2) is 47.4 Å². The first kappa shape index (κ1) is 73.1. The third-order valence-electron chi connectivity index (χ3n) is 15.7. The van der Waals surface area contributed by atoms with E-state index in [4.69, 9.17) is 4.74 Å². The zero-order chi connectivity index (χ0) is 54.3. The molecule has 1 amide bonds. The van der Waals surface area contributed by atoms with E-state index in [1.54, 1.807) is 6.08 Å². The van der Waals surface area contributed by atoms with Gasteiger partial charge in [0.2, 0.25) is 5.91 Å². The van der Waals surface area contributed by atoms with Crippen LogP contribution in [0.15, 0.2) is 36.5 Å². The van der Waals surface area contributed by atoms with Gasteiger partial charge in [0, 0.05) is 12.8 Å². The predicted octanol–water partition coefficient (Wildman–Crippen LogP) is 21.5. The molecule has 0 aromatic heterocycles. The number of hydrogen-bond donors (Lipinski definition) is 3. The Labute approximate surface area is 468 Å². The molecule has 75 heavy (non-hydrogen) atoms. The second-order valence-corrected chi connectivity index (χ2v) is 23.2. The van der Waals surface area contributed by atoms with Crippen LogP contribution in [0.4, 0.5) is 0 Å². The van der Waals surface area contributed by atoms with Gasteiger partial charge < -0.3 is 20.3 Å². The number of unbranched alkanes of at least 4 members (excludes halogenated alkanes) is 48. The summed E-state index contributed by atoms with van der Waals surface area (Å²) in [5.74, 6) is -0.0598. The number of rotatable bonds is 63. The van der Waals surface area contributed by atoms with E-state index in [1.807, 2.05) is 6.08 Å². The highest BCUT2D eigenvalue weighted by Gasteiger charge is 2.18. The van der Waals surface area contributed by atoms with Crippen LogP contribution in [0.3, 0.4) is 0 Å². The molecule has 0 aliphatic heterocycles. The van der Waals surface area contributed by atoms with Crippen LogP contribution in [0.1, 0.15) is 367 Å². The monoisotopic (exact) mass is 1050 g/mol. The van der Waals surface area contributed by atoms with Crippen molar-refractivity contribution in [2.45, 2.75) is 379 Å². The van der Waals surface area contributed by atoms with Crippen LogP contribution >= 0.6 is 0 Å². The molecule has 0 spiro atoms. The number of carbonyl (C=O) groups is 2. The Kier molecular flexibility index (Phi) is 63.0. The average Bonchev–Trinajstić information content (AvgIpc) is 3.41. The number of aliphatic hydroxyl groups excluding tert-OH is 2. The van der Waals surface area contributed by atoms with E-state index in [9.17, 15) is 19.8 Å². The Bertz CT molecular complexity index is 1210. The second kappa shape index (κ2) is 64.6. The van der Waals surface area contributed by atoms with Gasteiger partial charge in [0.15, 0.2) is 0 Å². The molecule has 0 rings (SSSR count). The Morgan fingerprint density at radius 3 is 1.03 bits per heavy atom. The number of amides is 1. The molecular formula is C69H131NO5. The summed E-state index contributed by atoms with van der Waals surface area (Å²) in [6, 6.07) is -0.629. The van der Waals surface area contributed by atoms with E-state index in [-0.39, 0.29) is 18.5 Å². The zero-order valence-electron chi connectivity index (χ0n) is 50.5. The number of carbonyl (C=O) groups excluding carboxylic acids is 2. The van der Waals surface area contributed by atoms with Gasteiger partial charge in [0.25, 0.3) is 0 Å². The first-order valence-electron chi connectivity index (χ1n) is 33.8. The summed E-state index contributed by atoms with van der Waals surface area (Å²) in [5, 5.41) is 23.2. The first-order valence-corrected chi connectivity index (χ1v) is 33.8. The highest BCUT2D eigenvalue weighted by molar-refractivity contribution is 5.76. The van der Waals surface area contributed by atoms with Crippen molar-refractivity contribution in [3.8, 4) is 0 Å². The molecule has 0 radical (unpaired) electrons. The maximum Gasteiger partial charge on any atom is 0.305 e. The van der Waals surface area contributed by atoms with Gasteiger partial charge in [-0.05, 0) is 64.2 Å². The largest absolute Gasteiger partial charge is 0.466 e. The number of hydrogen-bond acceptors (Lipinski definition) is 5. The topological polar surface area (TPSA) is 95.9 Å². The van der Waals surface area contributed by atoms with Gasteiger partial charge in [-0.25, -0.2) is 0 Å². The molecule has 442 valence electrons. The Hall–Kier alpha value is -1.92. The predicted molar refractivity (Wildman–Crippen MR) is 329 cm³/mol. The van der Waals surface area contributed by atoms with Crippen molar-refractivity contribution < 1.29 is 24.5 Å². The quantitative estimate of drug-likeness (QED) is 0.0320. The third-order valence-corrected chi connectivity index (χ3v) is 15.7. The van der Waals surface area contributed by atoms with E-state index < -0.39 is 12.1 Å². The molecule has 0 heterocycles. The fourth-order valence-corrected chi connectivity index (χ4v) is 10.5. The minimum Gasteiger partial charge on any atom is -0.466 e. The zero-order valence-corrected chi connectivity index (χ0v) is 50.5. The molecule has 0 aromatic carbocycles. The number of esters is 1. The molecule has 3 N–H and O–H groups in total. The lowest BCUT2D eigenvalue weighted by Crippen LogP contribution is -2.45. The summed E-state index contributed by atoms with van der Waals surface area (Å²) >= 11 is 0. The minimum absolute atomic E-state index is 0.00578. The summed E-state index contributed by atoms with van der Waals surface area (Å²) in [5.41, 5.74) is 0. The molecule has 0 saturated carbocycles. The van der Waals surface area contributed by atoms with Crippen LogP contribution < -0.4 is 5.32 Å². The van der Waals surface area contributed by atoms with Crippen molar-refractivity contribution in [3.05, 3.63) is 36.5 Å². The van der Waals surface area contributed by atoms with Gasteiger partial charge in [-0.2, -0.15) is 0 Å². The van der Waals surface area contributed by atoms with E-state index >= 15 is 0 Å². The van der Waals surface area contributed by atoms with Crippen molar-refractivity contribution in [2.75, 3.05) is 13.2 Å². The molecule has 2 unspecified atom stereocenters. The molecule has 0 saturated heterocycles. The van der Waals surface area contributed by atoms with Crippen LogP contribution in [0.5, 0.6) is 0 Å². The summed E-state index contributed by atoms with van der Waals surface area (Å²) in [4.78, 5) is 24.6. The molecular weight excluding hydrogens is 923 g/mol. The van der Waals surface area contributed by atoms with Crippen molar-refractivity contribution >= 4 is 11.9 Å². The van der Waals surface area contributed by atoms with Gasteiger partial charge in [0.05, 0.1) is 25.4 Å². The summed E-state index contributed by atoms with van der Waals surface area (Å²) in [6.45, 7) is 4.91. The summed E-state index contributed by atoms with van der Waals surface area (Å²) < 4.78 is 5.50. The average molecular weight is 1050 g/mol. The highest BCUT2D eigenvalue weighted by atomic mass is 16.5. The Balaban J connectivity index is 3.40. The van der Waals surface area contributed by atoms with Gasteiger partial charge >= 0.3 is 5.97 Å². The standard InChI is InChI=1S/C69H131NO5/c1-3-5-7-9-11-13-15-17-19-21-29-33-37-41-45-49-53-57-61-67(72)66(65-71)70-68(73)62-58-54-50-46-42-38-34-30-27-25-23-24-26-28-32-36-40-44-48-52-56-60-64-75-69(74)63-59-55-51-47-43-39-35-31-22-20-18-16-14-12-10-8-6-4-2/h14,16,20,22,57,61,66-67,71-72H,3-13,15,17-19,21,23-56,58-60,62-65H2,1-2H3,(H,70,73)/b16-14-,22-20-,61-57+. The first-order chi connectivity index (χ1) is 37.0. The molecule has 6 nitrogen and oxygen atoms in total. The number of allylic oxidation sites excluding steroid dienone is 5. The van der Waals surface area contributed by atoms with Crippen molar-refractivity contribution in [1.82, 2.24) is 5.32 Å². The molecule has 0 fully saturated rings. The fourth-order valence-electron chi connectivity index (χ4n) is 10.5. The van der Waals surface area contributed by atoms with E-state index in [0.29, 0.717) is 19.4 Å². The molecule has 6 heteroatoms. The molecule has 0 aromatic rings. The van der Waals surface area contributed by atoms with Gasteiger partial charge in [0.1, 0.15) is 0 Å². The van der Waals surface area contributed by atoms with E-state index in [0.717, 1.165) is 51.4 Å². The van der Waals surface area contributed by atoms with Crippen LogP contribution in [0, 0.1) is 0 Å². The lowest BCUT2D eigenvalue weighted by Gasteiger charge is -2.20. The van der Waals surface area contributed by atoms with Gasteiger partial charge in [-0.1, -0.05) is 326 Å². The van der Waals surface area contributed by atoms with E-state index in [1.165, 1.54) is 289 Å². The maximum absolute atomic E-state index is 12.5. The number of nitrogens with one attached hydrogen (secondary N) is 1. The molecule has 2 atom stereocenters. The number of ether oxygens (including phenoxy) is 1. The second-order valence-electron chi connectivity index (χ2n) is 23.2. The summed E-state index contributed by atoms with van der Waals surface area (Å²) in [6.07, 6.45) is 82.0. The fraction of sp³-hybridized carbons (Fsp3) is 0.884. The minimum atomic E-state index is -0.845. The lowest BCUT2D eigenvalue weighted by atomic mass is 10.0. The molecule has 0 aliphatic carbocycles. The van der Waals surface area contributed by atoms with Crippen LogP contribution in [0.2, 0.25) is 0 Å². The molecule has 0 bridgehead atoms. The number of aliphatic hydroxyl groups is 2. The highest BCUT2D eigenvalue weighted by Crippen LogP contribution is 2.18. The SMILES string of the molecule is CCCCCC/C=C\C/C=C\CCCCCCCCCC(=O)OCCCCCCCCCCCCCCCCCCCCCCCCC(=O)NC(CO)C(O)/C=C/CCCCCCCCCCCCCCCCCC. The normalized spacial score (nSPS) is 12.7. The van der Waals surface area contributed by atoms with Crippen molar-refractivity contribution in [1.29, 1.82) is 0 Å². The molecule has 0 aliphatic rings. The Morgan fingerprint density at radius 1 is 0.373 bits per heavy atom. The smallest absolute Gasteiger partial charge is 0.305 e. The summed E-state index contributed by atoms with van der Waals surface area (Å²) in [7, 11) is 0. The van der Waals surface area contributed by atoms with Crippen molar-refractivity contribution in [2.24, 2.45) is 0 Å². The van der Waals surface area contributed by atoms with Gasteiger partial charge in [-0.3, -0.25) is 9.59 Å². The van der Waals surface area contributed by atoms with Gasteiger partial charge in [-0.15, -0.1) is 0 Å². The van der Waals surface area contributed by atoms with Crippen LogP contribution in [0.25, 0.3) is 0 Å². The lowest BCUT2D eigenvalue weighted by molar-refractivity contribution is -0.143. The maximum atomic E-state index is 12.5. The third kappa shape index (κ3) is 61.2. The Morgan fingerprint density at radius 2 is 0.667 bits per heavy atom.